The summed E-state index contributed by atoms with van der Waals surface area (Å²) in [7, 11) is -3.76. The molecule has 2 N–H and O–H groups in total. The number of nitrogens with zero attached hydrogens (tertiary/aromatic N) is 1. The summed E-state index contributed by atoms with van der Waals surface area (Å²) < 4.78 is 26.3. The van der Waals surface area contributed by atoms with Crippen LogP contribution in [0.2, 0.25) is 5.02 Å². The van der Waals surface area contributed by atoms with Gasteiger partial charge in [0, 0.05) is 19.0 Å². The lowest BCUT2D eigenvalue weighted by molar-refractivity contribution is -0.121. The van der Waals surface area contributed by atoms with Crippen LogP contribution in [0.1, 0.15) is 25.8 Å². The molecule has 0 aliphatic heterocycles. The Labute approximate surface area is 129 Å². The number of nitrogens with one attached hydrogen (secondary N) is 2. The maximum atomic E-state index is 12.0. The van der Waals surface area contributed by atoms with Crippen molar-refractivity contribution in [2.45, 2.75) is 31.2 Å². The average molecular weight is 330 g/mol. The second kappa shape index (κ2) is 7.41. The Kier molecular flexibility index (Phi) is 6.15. The van der Waals surface area contributed by atoms with E-state index in [0.29, 0.717) is 0 Å². The first-order valence-electron chi connectivity index (χ1n) is 6.25. The molecule has 0 aromatic heterocycles. The molecule has 8 heteroatoms. The fraction of sp³-hybridized carbons (Fsp3) is 0.385. The molecule has 0 bridgehead atoms. The molecule has 1 amide bonds. The third kappa shape index (κ3) is 5.34. The number of hydrogen-bond donors (Lipinski definition) is 2. The van der Waals surface area contributed by atoms with E-state index in [-0.39, 0.29) is 40.4 Å². The van der Waals surface area contributed by atoms with Gasteiger partial charge in [-0.25, -0.2) is 13.1 Å². The van der Waals surface area contributed by atoms with Crippen molar-refractivity contribution in [3.63, 3.8) is 0 Å². The highest BCUT2D eigenvalue weighted by Crippen LogP contribution is 2.19. The number of amides is 1. The number of hydrogen-bond acceptors (Lipinski definition) is 4. The van der Waals surface area contributed by atoms with Crippen LogP contribution >= 0.6 is 11.6 Å². The van der Waals surface area contributed by atoms with Crippen molar-refractivity contribution in [2.75, 3.05) is 6.54 Å². The predicted molar refractivity (Wildman–Crippen MR) is 79.3 cm³/mol. The summed E-state index contributed by atoms with van der Waals surface area (Å²) in [6, 6.07) is 5.69. The van der Waals surface area contributed by atoms with Gasteiger partial charge in [0.15, 0.2) is 0 Å². The van der Waals surface area contributed by atoms with Crippen LogP contribution in [-0.2, 0) is 14.8 Å². The minimum absolute atomic E-state index is 0.00596. The second-order valence-corrected chi connectivity index (χ2v) is 6.80. The maximum absolute atomic E-state index is 12.0. The number of carbonyl (C=O) groups excluding carboxylic acids is 1. The first kappa shape index (κ1) is 17.4. The molecule has 6 nitrogen and oxygen atoms in total. The number of carbonyl (C=O) groups is 1. The van der Waals surface area contributed by atoms with Crippen molar-refractivity contribution >= 4 is 27.5 Å². The van der Waals surface area contributed by atoms with Crippen molar-refractivity contribution in [3.8, 4) is 6.07 Å². The summed E-state index contributed by atoms with van der Waals surface area (Å²) in [4.78, 5) is 11.4. The third-order valence-electron chi connectivity index (χ3n) is 2.47. The van der Waals surface area contributed by atoms with Gasteiger partial charge in [-0.05, 0) is 32.0 Å². The average Bonchev–Trinajstić information content (AvgIpc) is 2.37. The minimum atomic E-state index is -3.76. The van der Waals surface area contributed by atoms with Gasteiger partial charge in [0.2, 0.25) is 15.9 Å². The standard InChI is InChI=1S/C13H16ClN3O3S/c1-9(2)17-13(18)5-6-16-21(19,20)11-4-3-10(8-15)12(14)7-11/h3-4,7,9,16H,5-6H2,1-2H3,(H,17,18). The summed E-state index contributed by atoms with van der Waals surface area (Å²) in [6.45, 7) is 3.63. The fourth-order valence-corrected chi connectivity index (χ4v) is 2.88. The van der Waals surface area contributed by atoms with Crippen LogP contribution in [-0.4, -0.2) is 26.9 Å². The molecule has 1 aromatic carbocycles. The SMILES string of the molecule is CC(C)NC(=O)CCNS(=O)(=O)c1ccc(C#N)c(Cl)c1. The van der Waals surface area contributed by atoms with E-state index in [0.717, 1.165) is 0 Å². The highest BCUT2D eigenvalue weighted by molar-refractivity contribution is 7.89. The second-order valence-electron chi connectivity index (χ2n) is 4.62. The van der Waals surface area contributed by atoms with Crippen molar-refractivity contribution in [3.05, 3.63) is 28.8 Å². The molecule has 0 saturated heterocycles. The van der Waals surface area contributed by atoms with Gasteiger partial charge in [-0.2, -0.15) is 5.26 Å². The number of benzene rings is 1. The van der Waals surface area contributed by atoms with E-state index in [1.165, 1.54) is 18.2 Å². The molecular weight excluding hydrogens is 314 g/mol. The monoisotopic (exact) mass is 329 g/mol. The van der Waals surface area contributed by atoms with Gasteiger partial charge in [-0.1, -0.05) is 11.6 Å². The van der Waals surface area contributed by atoms with Crippen LogP contribution in [0.5, 0.6) is 0 Å². The molecule has 0 heterocycles. The molecule has 0 saturated carbocycles. The molecule has 114 valence electrons. The van der Waals surface area contributed by atoms with E-state index in [4.69, 9.17) is 16.9 Å². The Morgan fingerprint density at radius 3 is 2.62 bits per heavy atom. The zero-order chi connectivity index (χ0) is 16.0. The van der Waals surface area contributed by atoms with Crippen LogP contribution in [0.3, 0.4) is 0 Å². The van der Waals surface area contributed by atoms with Crippen molar-refractivity contribution < 1.29 is 13.2 Å². The molecular formula is C13H16ClN3O3S. The zero-order valence-corrected chi connectivity index (χ0v) is 13.3. The van der Waals surface area contributed by atoms with Crippen molar-refractivity contribution in [2.24, 2.45) is 0 Å². The van der Waals surface area contributed by atoms with Gasteiger partial charge in [-0.15, -0.1) is 0 Å². The van der Waals surface area contributed by atoms with Gasteiger partial charge >= 0.3 is 0 Å². The van der Waals surface area contributed by atoms with Crippen LogP contribution in [0.25, 0.3) is 0 Å². The van der Waals surface area contributed by atoms with Crippen molar-refractivity contribution in [1.82, 2.24) is 10.0 Å². The lowest BCUT2D eigenvalue weighted by Crippen LogP contribution is -2.34. The van der Waals surface area contributed by atoms with E-state index in [9.17, 15) is 13.2 Å². The minimum Gasteiger partial charge on any atom is -0.354 e. The van der Waals surface area contributed by atoms with Crippen LogP contribution in [0.15, 0.2) is 23.1 Å². The molecule has 21 heavy (non-hydrogen) atoms. The summed E-state index contributed by atoms with van der Waals surface area (Å²) in [5.41, 5.74) is 0.201. The van der Waals surface area contributed by atoms with E-state index >= 15 is 0 Å². The summed E-state index contributed by atoms with van der Waals surface area (Å²) >= 11 is 5.80. The number of nitriles is 1. The smallest absolute Gasteiger partial charge is 0.240 e. The number of sulfonamides is 1. The third-order valence-corrected chi connectivity index (χ3v) is 4.24. The maximum Gasteiger partial charge on any atom is 0.240 e. The first-order chi connectivity index (χ1) is 9.76. The molecule has 0 aliphatic rings. The van der Waals surface area contributed by atoms with E-state index in [1.54, 1.807) is 0 Å². The Morgan fingerprint density at radius 1 is 1.43 bits per heavy atom. The Bertz CT molecular complexity index is 666. The summed E-state index contributed by atoms with van der Waals surface area (Å²) in [5.74, 6) is -0.231. The van der Waals surface area contributed by atoms with Crippen LogP contribution in [0.4, 0.5) is 0 Å². The first-order valence-corrected chi connectivity index (χ1v) is 8.11. The fourth-order valence-electron chi connectivity index (χ4n) is 1.53. The van der Waals surface area contributed by atoms with E-state index < -0.39 is 10.0 Å². The summed E-state index contributed by atoms with van der Waals surface area (Å²) in [6.07, 6.45) is 0.0431. The molecule has 1 aromatic rings. The Hall–Kier alpha value is -1.62. The molecule has 1 rings (SSSR count). The predicted octanol–water partition coefficient (Wildman–Crippen LogP) is 1.40. The van der Waals surface area contributed by atoms with E-state index in [1.807, 2.05) is 19.9 Å². The van der Waals surface area contributed by atoms with Crippen LogP contribution in [0, 0.1) is 11.3 Å². The highest BCUT2D eigenvalue weighted by atomic mass is 35.5. The molecule has 0 spiro atoms. The normalized spacial score (nSPS) is 11.2. The van der Waals surface area contributed by atoms with E-state index in [2.05, 4.69) is 10.0 Å². The quantitative estimate of drug-likeness (QED) is 0.824. The van der Waals surface area contributed by atoms with Gasteiger partial charge < -0.3 is 5.32 Å². The Morgan fingerprint density at radius 2 is 2.10 bits per heavy atom. The summed E-state index contributed by atoms with van der Waals surface area (Å²) in [5, 5.41) is 11.5. The molecule has 0 aliphatic carbocycles. The zero-order valence-electron chi connectivity index (χ0n) is 11.7. The van der Waals surface area contributed by atoms with Gasteiger partial charge in [0.1, 0.15) is 6.07 Å². The van der Waals surface area contributed by atoms with Gasteiger partial charge in [-0.3, -0.25) is 4.79 Å². The molecule has 0 atom stereocenters. The molecule has 0 fully saturated rings. The van der Waals surface area contributed by atoms with Crippen LogP contribution < -0.4 is 10.0 Å². The number of rotatable bonds is 6. The van der Waals surface area contributed by atoms with Gasteiger partial charge in [0.05, 0.1) is 15.5 Å². The number of halogens is 1. The Balaban J connectivity index is 2.68. The van der Waals surface area contributed by atoms with Crippen molar-refractivity contribution in [1.29, 1.82) is 5.26 Å². The molecule has 0 unspecified atom stereocenters. The van der Waals surface area contributed by atoms with Gasteiger partial charge in [0.25, 0.3) is 0 Å². The molecule has 0 radical (unpaired) electrons. The highest BCUT2D eigenvalue weighted by Gasteiger charge is 2.16. The lowest BCUT2D eigenvalue weighted by atomic mass is 10.2. The topological polar surface area (TPSA) is 99.1 Å². The lowest BCUT2D eigenvalue weighted by Gasteiger charge is -2.09. The largest absolute Gasteiger partial charge is 0.354 e.